The topological polar surface area (TPSA) is 96.5 Å². The molecule has 3 N–H and O–H groups in total. The Balaban J connectivity index is 1.75. The third-order valence-corrected chi connectivity index (χ3v) is 4.42. The van der Waals surface area contributed by atoms with Gasteiger partial charge in [0.25, 0.3) is 0 Å². The van der Waals surface area contributed by atoms with E-state index in [1.165, 1.54) is 13.2 Å². The summed E-state index contributed by atoms with van der Waals surface area (Å²) >= 11 is 0. The second-order valence-electron chi connectivity index (χ2n) is 6.34. The van der Waals surface area contributed by atoms with Gasteiger partial charge in [-0.3, -0.25) is 4.79 Å². The van der Waals surface area contributed by atoms with Crippen molar-refractivity contribution in [2.45, 2.75) is 13.0 Å². The molecule has 7 nitrogen and oxygen atoms in total. The van der Waals surface area contributed by atoms with Crippen LogP contribution in [0.2, 0.25) is 0 Å². The van der Waals surface area contributed by atoms with Crippen LogP contribution in [0.1, 0.15) is 22.7 Å². The van der Waals surface area contributed by atoms with Gasteiger partial charge in [-0.1, -0.05) is 6.07 Å². The minimum absolute atomic E-state index is 0.245. The summed E-state index contributed by atoms with van der Waals surface area (Å²) in [7, 11) is 3.09. The van der Waals surface area contributed by atoms with Crippen molar-refractivity contribution in [3.63, 3.8) is 0 Å². The third kappa shape index (κ3) is 4.15. The number of nitrogens with zero attached hydrogens (tertiary/aromatic N) is 1. The van der Waals surface area contributed by atoms with Crippen LogP contribution in [0, 0.1) is 6.92 Å². The molecule has 1 amide bonds. The average molecular weight is 381 g/mol. The lowest BCUT2D eigenvalue weighted by molar-refractivity contribution is -0.117. The molecule has 2 aromatic heterocycles. The fourth-order valence-electron chi connectivity index (χ4n) is 2.96. The summed E-state index contributed by atoms with van der Waals surface area (Å²) in [6.07, 6.45) is 6.75. The number of benzene rings is 1. The molecular formula is C21H23N3O4. The summed E-state index contributed by atoms with van der Waals surface area (Å²) in [4.78, 5) is 19.8. The summed E-state index contributed by atoms with van der Waals surface area (Å²) in [5.74, 6) is 0.797. The highest BCUT2D eigenvalue weighted by Gasteiger charge is 2.15. The van der Waals surface area contributed by atoms with Gasteiger partial charge in [0.15, 0.2) is 11.5 Å². The first kappa shape index (κ1) is 19.4. The van der Waals surface area contributed by atoms with Gasteiger partial charge in [-0.05, 0) is 42.3 Å². The summed E-state index contributed by atoms with van der Waals surface area (Å²) < 4.78 is 10.5. The number of aliphatic hydroxyl groups excluding tert-OH is 1. The van der Waals surface area contributed by atoms with Crippen LogP contribution in [-0.2, 0) is 4.79 Å². The van der Waals surface area contributed by atoms with E-state index in [4.69, 9.17) is 9.47 Å². The molecule has 0 aliphatic carbocycles. The number of H-pyrrole nitrogens is 1. The Morgan fingerprint density at radius 3 is 2.79 bits per heavy atom. The van der Waals surface area contributed by atoms with Gasteiger partial charge in [0.05, 0.1) is 26.9 Å². The second-order valence-corrected chi connectivity index (χ2v) is 6.34. The van der Waals surface area contributed by atoms with E-state index in [0.29, 0.717) is 17.1 Å². The molecule has 1 atom stereocenters. The van der Waals surface area contributed by atoms with Crippen LogP contribution in [0.4, 0.5) is 0 Å². The Morgan fingerprint density at radius 2 is 2.07 bits per heavy atom. The number of aromatic nitrogens is 2. The molecule has 3 rings (SSSR count). The highest BCUT2D eigenvalue weighted by Crippen LogP contribution is 2.30. The molecule has 146 valence electrons. The Morgan fingerprint density at radius 1 is 1.29 bits per heavy atom. The van der Waals surface area contributed by atoms with Crippen LogP contribution in [0.3, 0.4) is 0 Å². The summed E-state index contributed by atoms with van der Waals surface area (Å²) in [5, 5.41) is 13.5. The Bertz CT molecular complexity index is 1010. The van der Waals surface area contributed by atoms with Gasteiger partial charge in [-0.2, -0.15) is 0 Å². The third-order valence-electron chi connectivity index (χ3n) is 4.42. The number of pyridine rings is 1. The maximum Gasteiger partial charge on any atom is 0.244 e. The molecule has 0 unspecified atom stereocenters. The van der Waals surface area contributed by atoms with E-state index in [0.717, 1.165) is 22.2 Å². The van der Waals surface area contributed by atoms with Crippen molar-refractivity contribution in [3.8, 4) is 11.5 Å². The number of carbonyl (C=O) groups is 1. The zero-order valence-corrected chi connectivity index (χ0v) is 16.0. The molecule has 0 aliphatic rings. The number of hydrogen-bond donors (Lipinski definition) is 3. The average Bonchev–Trinajstić information content (AvgIpc) is 3.11. The molecule has 0 saturated carbocycles. The van der Waals surface area contributed by atoms with Crippen molar-refractivity contribution in [3.05, 3.63) is 59.4 Å². The molecular weight excluding hydrogens is 358 g/mol. The van der Waals surface area contributed by atoms with E-state index in [9.17, 15) is 9.90 Å². The first-order valence-electron chi connectivity index (χ1n) is 8.80. The normalized spacial score (nSPS) is 12.3. The number of aliphatic hydroxyl groups is 1. The van der Waals surface area contributed by atoms with Crippen LogP contribution in [0.15, 0.2) is 42.7 Å². The van der Waals surface area contributed by atoms with E-state index in [-0.39, 0.29) is 12.5 Å². The van der Waals surface area contributed by atoms with Crippen molar-refractivity contribution in [2.24, 2.45) is 0 Å². The van der Waals surface area contributed by atoms with E-state index >= 15 is 0 Å². The van der Waals surface area contributed by atoms with E-state index in [1.54, 1.807) is 43.8 Å². The number of aryl methyl sites for hydroxylation is 1. The zero-order chi connectivity index (χ0) is 20.1. The molecule has 0 spiro atoms. The predicted molar refractivity (Wildman–Crippen MR) is 107 cm³/mol. The summed E-state index contributed by atoms with van der Waals surface area (Å²) in [6, 6.07) is 6.69. The van der Waals surface area contributed by atoms with E-state index < -0.39 is 6.04 Å². The minimum atomic E-state index is -0.566. The predicted octanol–water partition coefficient (Wildman–Crippen LogP) is 2.75. The van der Waals surface area contributed by atoms with Gasteiger partial charge in [-0.25, -0.2) is 4.98 Å². The fraction of sp³-hybridized carbons (Fsp3) is 0.238. The highest BCUT2D eigenvalue weighted by molar-refractivity contribution is 5.95. The molecule has 0 aliphatic heterocycles. The zero-order valence-electron chi connectivity index (χ0n) is 16.0. The van der Waals surface area contributed by atoms with Crippen LogP contribution in [0.25, 0.3) is 17.1 Å². The number of fused-ring (bicyclic) bond motifs is 1. The SMILES string of the molecule is COc1ccc([C@@H](CO)NC(=O)/C=C/c2c[nH]c3ncc(C)cc23)cc1OC. The largest absolute Gasteiger partial charge is 0.493 e. The van der Waals surface area contributed by atoms with Crippen molar-refractivity contribution in [1.82, 2.24) is 15.3 Å². The number of carbonyl (C=O) groups excluding carboxylic acids is 1. The van der Waals surface area contributed by atoms with Gasteiger partial charge < -0.3 is 24.9 Å². The van der Waals surface area contributed by atoms with Gasteiger partial charge in [0, 0.05) is 29.4 Å². The number of aromatic amines is 1. The van der Waals surface area contributed by atoms with Gasteiger partial charge >= 0.3 is 0 Å². The number of methoxy groups -OCH3 is 2. The Kier molecular flexibility index (Phi) is 5.96. The van der Waals surface area contributed by atoms with Crippen LogP contribution in [0.5, 0.6) is 11.5 Å². The van der Waals surface area contributed by atoms with Crippen LogP contribution >= 0.6 is 0 Å². The van der Waals surface area contributed by atoms with E-state index in [2.05, 4.69) is 15.3 Å². The number of rotatable bonds is 7. The molecule has 3 aromatic rings. The molecule has 0 saturated heterocycles. The summed E-state index contributed by atoms with van der Waals surface area (Å²) in [6.45, 7) is 1.72. The highest BCUT2D eigenvalue weighted by atomic mass is 16.5. The molecule has 7 heteroatoms. The molecule has 1 aromatic carbocycles. The first-order valence-corrected chi connectivity index (χ1v) is 8.80. The number of ether oxygens (including phenoxy) is 2. The van der Waals surface area contributed by atoms with Gasteiger partial charge in [0.1, 0.15) is 5.65 Å². The van der Waals surface area contributed by atoms with Crippen molar-refractivity contribution < 1.29 is 19.4 Å². The molecule has 0 radical (unpaired) electrons. The lowest BCUT2D eigenvalue weighted by Gasteiger charge is -2.17. The number of nitrogens with one attached hydrogen (secondary N) is 2. The maximum absolute atomic E-state index is 12.4. The van der Waals surface area contributed by atoms with Gasteiger partial charge in [0.2, 0.25) is 5.91 Å². The number of amides is 1. The molecule has 0 bridgehead atoms. The van der Waals surface area contributed by atoms with Crippen molar-refractivity contribution >= 4 is 23.0 Å². The van der Waals surface area contributed by atoms with Crippen molar-refractivity contribution in [1.29, 1.82) is 0 Å². The first-order chi connectivity index (χ1) is 13.5. The lowest BCUT2D eigenvalue weighted by Crippen LogP contribution is -2.29. The Hall–Kier alpha value is -3.32. The van der Waals surface area contributed by atoms with Crippen LogP contribution in [-0.4, -0.2) is 41.8 Å². The smallest absolute Gasteiger partial charge is 0.244 e. The monoisotopic (exact) mass is 381 g/mol. The fourth-order valence-corrected chi connectivity index (χ4v) is 2.96. The molecule has 2 heterocycles. The second kappa shape index (κ2) is 8.58. The molecule has 0 fully saturated rings. The Labute approximate surface area is 163 Å². The molecule has 28 heavy (non-hydrogen) atoms. The summed E-state index contributed by atoms with van der Waals surface area (Å²) in [5.41, 5.74) is 3.39. The maximum atomic E-state index is 12.4. The van der Waals surface area contributed by atoms with Crippen LogP contribution < -0.4 is 14.8 Å². The minimum Gasteiger partial charge on any atom is -0.493 e. The van der Waals surface area contributed by atoms with Gasteiger partial charge in [-0.15, -0.1) is 0 Å². The number of hydrogen-bond acceptors (Lipinski definition) is 5. The lowest BCUT2D eigenvalue weighted by atomic mass is 10.1. The van der Waals surface area contributed by atoms with Crippen molar-refractivity contribution in [2.75, 3.05) is 20.8 Å². The quantitative estimate of drug-likeness (QED) is 0.547. The van der Waals surface area contributed by atoms with E-state index in [1.807, 2.05) is 13.0 Å². The standard InChI is InChI=1S/C21H23N3O4/c1-13-8-16-15(11-23-21(16)22-10-13)5-7-20(26)24-17(12-25)14-4-6-18(27-2)19(9-14)28-3/h4-11,17,25H,12H2,1-3H3,(H,22,23)(H,24,26)/b7-5+/t17-/m1/s1.